The highest BCUT2D eigenvalue weighted by Gasteiger charge is 2.54. The predicted molar refractivity (Wildman–Crippen MR) is 104 cm³/mol. The highest BCUT2D eigenvalue weighted by molar-refractivity contribution is 7.99. The zero-order chi connectivity index (χ0) is 17.6. The molecule has 138 valence electrons. The van der Waals surface area contributed by atoms with Crippen molar-refractivity contribution in [3.8, 4) is 0 Å². The number of hydrogen-bond acceptors (Lipinski definition) is 2. The van der Waals surface area contributed by atoms with Gasteiger partial charge >= 0.3 is 0 Å². The summed E-state index contributed by atoms with van der Waals surface area (Å²) in [6, 6.07) is 7.06. The van der Waals surface area contributed by atoms with Crippen molar-refractivity contribution in [3.63, 3.8) is 0 Å². The Morgan fingerprint density at radius 2 is 1.73 bits per heavy atom. The smallest absolute Gasteiger partial charge is 0.123 e. The fourth-order valence-corrected chi connectivity index (χ4v) is 7.86. The van der Waals surface area contributed by atoms with Crippen molar-refractivity contribution in [2.45, 2.75) is 56.1 Å². The van der Waals surface area contributed by atoms with Crippen LogP contribution < -0.4 is 0 Å². The molecule has 0 N–H and O–H groups in total. The second-order valence-electron chi connectivity index (χ2n) is 8.97. The Morgan fingerprint density at radius 1 is 1.08 bits per heavy atom. The molecule has 4 heteroatoms. The third-order valence-corrected chi connectivity index (χ3v) is 8.62. The number of thioether (sulfide) groups is 1. The second-order valence-corrected chi connectivity index (χ2v) is 10.2. The lowest BCUT2D eigenvalue weighted by Gasteiger charge is -2.59. The van der Waals surface area contributed by atoms with Crippen molar-refractivity contribution in [3.05, 3.63) is 54.4 Å². The molecule has 1 unspecified atom stereocenters. The van der Waals surface area contributed by atoms with Gasteiger partial charge in [-0.05, 0) is 79.4 Å². The van der Waals surface area contributed by atoms with Gasteiger partial charge in [-0.1, -0.05) is 12.1 Å². The number of aromatic nitrogens is 2. The Morgan fingerprint density at radius 3 is 2.31 bits per heavy atom. The van der Waals surface area contributed by atoms with Crippen LogP contribution in [0.2, 0.25) is 0 Å². The molecule has 2 nitrogen and oxygen atoms in total. The molecule has 4 fully saturated rings. The second kappa shape index (κ2) is 6.70. The highest BCUT2D eigenvalue weighted by Crippen LogP contribution is 2.63. The van der Waals surface area contributed by atoms with Crippen molar-refractivity contribution < 1.29 is 4.39 Å². The first-order chi connectivity index (χ1) is 12.7. The van der Waals surface area contributed by atoms with E-state index in [9.17, 15) is 4.39 Å². The van der Waals surface area contributed by atoms with E-state index in [1.165, 1.54) is 44.1 Å². The molecule has 0 radical (unpaired) electrons. The van der Waals surface area contributed by atoms with Crippen LogP contribution in [-0.2, 0) is 12.3 Å². The number of halogens is 1. The molecule has 6 rings (SSSR count). The van der Waals surface area contributed by atoms with Crippen LogP contribution in [0.4, 0.5) is 4.39 Å². The molecular formula is C22H27FN2S. The number of hydrogen-bond donors (Lipinski definition) is 0. The predicted octanol–water partition coefficient (Wildman–Crippen LogP) is 5.54. The Kier molecular flexibility index (Phi) is 4.35. The molecule has 0 saturated heterocycles. The zero-order valence-electron chi connectivity index (χ0n) is 15.2. The SMILES string of the molecule is Fc1ccc(CSC(Cn2ccnc2)C23CC4CC(CC(C4)C2)C3)cc1. The summed E-state index contributed by atoms with van der Waals surface area (Å²) in [7, 11) is 0. The minimum absolute atomic E-state index is 0.144. The van der Waals surface area contributed by atoms with Crippen molar-refractivity contribution in [1.29, 1.82) is 0 Å². The van der Waals surface area contributed by atoms with Gasteiger partial charge in [0.25, 0.3) is 0 Å². The van der Waals surface area contributed by atoms with Gasteiger partial charge in [-0.15, -0.1) is 0 Å². The van der Waals surface area contributed by atoms with Gasteiger partial charge in [0.1, 0.15) is 5.82 Å². The van der Waals surface area contributed by atoms with Gasteiger partial charge in [0.15, 0.2) is 0 Å². The van der Waals surface area contributed by atoms with Crippen LogP contribution in [0.15, 0.2) is 43.0 Å². The number of benzene rings is 1. The van der Waals surface area contributed by atoms with Crippen LogP contribution in [0.5, 0.6) is 0 Å². The maximum absolute atomic E-state index is 13.2. The molecule has 1 heterocycles. The minimum atomic E-state index is -0.144. The number of nitrogens with zero attached hydrogens (tertiary/aromatic N) is 2. The van der Waals surface area contributed by atoms with Crippen molar-refractivity contribution in [2.24, 2.45) is 23.2 Å². The average molecular weight is 371 g/mol. The van der Waals surface area contributed by atoms with E-state index in [1.807, 2.05) is 24.7 Å². The molecule has 1 aromatic heterocycles. The molecule has 4 saturated carbocycles. The fourth-order valence-electron chi connectivity index (χ4n) is 6.36. The third-order valence-electron chi connectivity index (χ3n) is 7.07. The number of rotatable bonds is 6. The Hall–Kier alpha value is -1.29. The first-order valence-electron chi connectivity index (χ1n) is 10.0. The molecule has 0 spiro atoms. The van der Waals surface area contributed by atoms with E-state index in [0.29, 0.717) is 10.7 Å². The summed E-state index contributed by atoms with van der Waals surface area (Å²) < 4.78 is 15.5. The van der Waals surface area contributed by atoms with Crippen molar-refractivity contribution >= 4 is 11.8 Å². The first kappa shape index (κ1) is 16.9. The molecule has 1 aromatic carbocycles. The lowest BCUT2D eigenvalue weighted by Crippen LogP contribution is -2.51. The van der Waals surface area contributed by atoms with E-state index in [4.69, 9.17) is 0 Å². The van der Waals surface area contributed by atoms with Gasteiger partial charge in [0.2, 0.25) is 0 Å². The van der Waals surface area contributed by atoms with E-state index in [0.717, 1.165) is 30.1 Å². The van der Waals surface area contributed by atoms with Crippen LogP contribution in [0.25, 0.3) is 0 Å². The lowest BCUT2D eigenvalue weighted by atomic mass is 9.48. The standard InChI is InChI=1S/C22H27FN2S/c23-20-3-1-16(2-4-20)14-26-21(13-25-6-5-24-15-25)22-10-17-7-18(11-22)9-19(8-17)12-22/h1-6,15,17-19,21H,7-14H2. The largest absolute Gasteiger partial charge is 0.336 e. The van der Waals surface area contributed by atoms with E-state index >= 15 is 0 Å². The Labute approximate surface area is 159 Å². The molecule has 26 heavy (non-hydrogen) atoms. The summed E-state index contributed by atoms with van der Waals surface area (Å²) in [5.74, 6) is 3.74. The Balaban J connectivity index is 1.38. The Bertz CT molecular complexity index is 705. The van der Waals surface area contributed by atoms with E-state index in [1.54, 1.807) is 12.1 Å². The molecule has 4 bridgehead atoms. The molecule has 2 aromatic rings. The van der Waals surface area contributed by atoms with Gasteiger partial charge in [-0.3, -0.25) is 0 Å². The van der Waals surface area contributed by atoms with E-state index < -0.39 is 0 Å². The maximum atomic E-state index is 13.2. The van der Waals surface area contributed by atoms with Crippen LogP contribution in [-0.4, -0.2) is 14.8 Å². The topological polar surface area (TPSA) is 17.8 Å². The van der Waals surface area contributed by atoms with Crippen molar-refractivity contribution in [2.75, 3.05) is 0 Å². The molecule has 0 amide bonds. The van der Waals surface area contributed by atoms with Gasteiger partial charge in [0, 0.05) is 29.9 Å². The van der Waals surface area contributed by atoms with E-state index in [-0.39, 0.29) is 5.82 Å². The minimum Gasteiger partial charge on any atom is -0.336 e. The van der Waals surface area contributed by atoms with Crippen LogP contribution >= 0.6 is 11.8 Å². The third kappa shape index (κ3) is 3.21. The van der Waals surface area contributed by atoms with Crippen LogP contribution in [0.1, 0.15) is 44.1 Å². The first-order valence-corrected chi connectivity index (χ1v) is 11.1. The summed E-state index contributed by atoms with van der Waals surface area (Å²) in [5.41, 5.74) is 1.74. The summed E-state index contributed by atoms with van der Waals surface area (Å²) in [6.45, 7) is 1.05. The fraction of sp³-hybridized carbons (Fsp3) is 0.591. The molecule has 0 aliphatic heterocycles. The van der Waals surface area contributed by atoms with E-state index in [2.05, 4.69) is 27.5 Å². The maximum Gasteiger partial charge on any atom is 0.123 e. The summed E-state index contributed by atoms with van der Waals surface area (Å²) >= 11 is 2.10. The lowest BCUT2D eigenvalue weighted by molar-refractivity contribution is -0.0553. The van der Waals surface area contributed by atoms with Gasteiger partial charge in [0.05, 0.1) is 6.33 Å². The summed E-state index contributed by atoms with van der Waals surface area (Å²) in [4.78, 5) is 4.26. The normalized spacial score (nSPS) is 33.5. The highest BCUT2D eigenvalue weighted by atomic mass is 32.2. The average Bonchev–Trinajstić information content (AvgIpc) is 3.12. The zero-order valence-corrected chi connectivity index (χ0v) is 16.0. The summed E-state index contributed by atoms with van der Waals surface area (Å²) in [5, 5.41) is 0.621. The summed E-state index contributed by atoms with van der Waals surface area (Å²) in [6.07, 6.45) is 14.7. The quantitative estimate of drug-likeness (QED) is 0.664. The van der Waals surface area contributed by atoms with Gasteiger partial charge in [-0.2, -0.15) is 11.8 Å². The molecule has 4 aliphatic carbocycles. The molecular weight excluding hydrogens is 343 g/mol. The molecule has 1 atom stereocenters. The molecule has 4 aliphatic rings. The number of imidazole rings is 1. The van der Waals surface area contributed by atoms with Crippen LogP contribution in [0, 0.1) is 29.0 Å². The van der Waals surface area contributed by atoms with Crippen LogP contribution in [0.3, 0.4) is 0 Å². The van der Waals surface area contributed by atoms with Gasteiger partial charge in [-0.25, -0.2) is 9.37 Å². The van der Waals surface area contributed by atoms with Crippen molar-refractivity contribution in [1.82, 2.24) is 9.55 Å². The van der Waals surface area contributed by atoms with Gasteiger partial charge < -0.3 is 4.57 Å². The monoisotopic (exact) mass is 370 g/mol.